The van der Waals surface area contributed by atoms with E-state index in [9.17, 15) is 9.59 Å². The zero-order valence-electron chi connectivity index (χ0n) is 20.4. The first-order chi connectivity index (χ1) is 17.5. The molecule has 4 heterocycles. The van der Waals surface area contributed by atoms with Crippen LogP contribution in [0, 0.1) is 13.8 Å². The van der Waals surface area contributed by atoms with E-state index >= 15 is 0 Å². The van der Waals surface area contributed by atoms with Crippen LogP contribution in [0.25, 0.3) is 0 Å². The second-order valence-corrected chi connectivity index (χ2v) is 8.87. The molecule has 2 aliphatic rings. The molecule has 0 radical (unpaired) electrons. The van der Waals surface area contributed by atoms with Gasteiger partial charge in [-0.3, -0.25) is 4.79 Å². The summed E-state index contributed by atoms with van der Waals surface area (Å²) < 4.78 is 24.8. The number of benzene rings is 1. The van der Waals surface area contributed by atoms with Gasteiger partial charge in [-0.05, 0) is 44.2 Å². The van der Waals surface area contributed by atoms with Crippen molar-refractivity contribution in [3.05, 3.63) is 71.2 Å². The summed E-state index contributed by atoms with van der Waals surface area (Å²) in [5.74, 6) is 1.17. The molecule has 1 saturated heterocycles. The molecule has 1 unspecified atom stereocenters. The van der Waals surface area contributed by atoms with Crippen molar-refractivity contribution in [3.63, 3.8) is 0 Å². The number of carbonyl (C=O) groups is 2. The number of pyridine rings is 1. The topological polar surface area (TPSA) is 92.1 Å². The number of nitrogens with zero attached hydrogens (tertiary/aromatic N) is 3. The van der Waals surface area contributed by atoms with Gasteiger partial charge in [0.2, 0.25) is 5.78 Å². The monoisotopic (exact) mass is 491 g/mol. The lowest BCUT2D eigenvalue weighted by Gasteiger charge is -2.28. The van der Waals surface area contributed by atoms with Crippen molar-refractivity contribution < 1.29 is 28.5 Å². The summed E-state index contributed by atoms with van der Waals surface area (Å²) in [5.41, 5.74) is 2.59. The highest BCUT2D eigenvalue weighted by atomic mass is 16.6. The lowest BCUT2D eigenvalue weighted by atomic mass is 10.1. The fourth-order valence-corrected chi connectivity index (χ4v) is 4.59. The molecule has 36 heavy (non-hydrogen) atoms. The van der Waals surface area contributed by atoms with Crippen LogP contribution >= 0.6 is 0 Å². The van der Waals surface area contributed by atoms with Crippen molar-refractivity contribution in [2.45, 2.75) is 26.5 Å². The molecule has 0 N–H and O–H groups in total. The zero-order valence-corrected chi connectivity index (χ0v) is 20.4. The van der Waals surface area contributed by atoms with E-state index in [1.54, 1.807) is 18.3 Å². The molecule has 188 valence electrons. The molecular weight excluding hydrogens is 462 g/mol. The van der Waals surface area contributed by atoms with Crippen LogP contribution in [0.15, 0.2) is 48.7 Å². The van der Waals surface area contributed by atoms with Gasteiger partial charge in [0.1, 0.15) is 18.0 Å². The highest BCUT2D eigenvalue weighted by Crippen LogP contribution is 2.31. The Bertz CT molecular complexity index is 1260. The number of Topliss-reactive ketones (excluding diaryl/α,β-unsaturated/α-hetero) is 1. The first kappa shape index (κ1) is 23.9. The van der Waals surface area contributed by atoms with Gasteiger partial charge in [-0.1, -0.05) is 12.1 Å². The number of hydrogen-bond donors (Lipinski definition) is 0. The lowest BCUT2D eigenvalue weighted by Crippen LogP contribution is -2.37. The number of carbonyl (C=O) groups excluding carboxylic acids is 2. The third-order valence-corrected chi connectivity index (χ3v) is 6.48. The van der Waals surface area contributed by atoms with Gasteiger partial charge in [-0.2, -0.15) is 0 Å². The summed E-state index contributed by atoms with van der Waals surface area (Å²) in [6.07, 6.45) is 1.45. The third kappa shape index (κ3) is 4.92. The number of rotatable bonds is 7. The van der Waals surface area contributed by atoms with Crippen LogP contribution in [-0.4, -0.2) is 66.9 Å². The number of aromatic nitrogens is 2. The minimum absolute atomic E-state index is 0.185. The molecule has 0 amide bonds. The maximum Gasteiger partial charge on any atom is 0.342 e. The van der Waals surface area contributed by atoms with Crippen LogP contribution in [0.1, 0.15) is 32.1 Å². The number of ketones is 1. The second kappa shape index (κ2) is 10.4. The summed E-state index contributed by atoms with van der Waals surface area (Å²) in [5, 5.41) is 0. The van der Waals surface area contributed by atoms with Crippen LogP contribution in [0.5, 0.6) is 11.5 Å². The molecular formula is C27H29N3O6. The van der Waals surface area contributed by atoms with Gasteiger partial charge in [-0.25, -0.2) is 9.78 Å². The number of esters is 1. The number of hydrogen-bond acceptors (Lipinski definition) is 8. The smallest absolute Gasteiger partial charge is 0.342 e. The fourth-order valence-electron chi connectivity index (χ4n) is 4.59. The van der Waals surface area contributed by atoms with E-state index in [0.717, 1.165) is 17.1 Å². The van der Waals surface area contributed by atoms with E-state index in [0.29, 0.717) is 62.1 Å². The average Bonchev–Trinajstić information content (AvgIpc) is 3.20. The van der Waals surface area contributed by atoms with Gasteiger partial charge in [0, 0.05) is 36.2 Å². The van der Waals surface area contributed by atoms with E-state index in [-0.39, 0.29) is 18.5 Å². The van der Waals surface area contributed by atoms with Gasteiger partial charge in [0.25, 0.3) is 0 Å². The molecule has 2 aromatic heterocycles. The van der Waals surface area contributed by atoms with Gasteiger partial charge in [0.15, 0.2) is 24.2 Å². The van der Waals surface area contributed by atoms with E-state index < -0.39 is 5.97 Å². The van der Waals surface area contributed by atoms with Gasteiger partial charge < -0.3 is 28.4 Å². The van der Waals surface area contributed by atoms with Crippen molar-refractivity contribution >= 4 is 17.6 Å². The van der Waals surface area contributed by atoms with Crippen LogP contribution in [0.4, 0.5) is 5.82 Å². The molecule has 9 nitrogen and oxygen atoms in total. The minimum atomic E-state index is -0.571. The quantitative estimate of drug-likeness (QED) is 0.368. The Labute approximate surface area is 209 Å². The highest BCUT2D eigenvalue weighted by Gasteiger charge is 2.25. The van der Waals surface area contributed by atoms with Crippen molar-refractivity contribution in [1.29, 1.82) is 0 Å². The Hall–Kier alpha value is -3.85. The summed E-state index contributed by atoms with van der Waals surface area (Å²) in [6, 6.07) is 12.8. The highest BCUT2D eigenvalue weighted by molar-refractivity contribution is 6.01. The van der Waals surface area contributed by atoms with Crippen molar-refractivity contribution in [2.75, 3.05) is 44.4 Å². The molecule has 0 spiro atoms. The van der Waals surface area contributed by atoms with Crippen LogP contribution in [0.2, 0.25) is 0 Å². The van der Waals surface area contributed by atoms with Crippen molar-refractivity contribution in [1.82, 2.24) is 9.55 Å². The van der Waals surface area contributed by atoms with Crippen molar-refractivity contribution in [2.24, 2.45) is 0 Å². The van der Waals surface area contributed by atoms with Gasteiger partial charge >= 0.3 is 5.97 Å². The second-order valence-electron chi connectivity index (χ2n) is 8.87. The van der Waals surface area contributed by atoms with E-state index in [4.69, 9.17) is 18.9 Å². The molecule has 0 bridgehead atoms. The Morgan fingerprint density at radius 1 is 1.06 bits per heavy atom. The molecule has 9 heteroatoms. The number of para-hydroxylation sites is 2. The molecule has 3 aromatic rings. The molecule has 1 atom stereocenters. The van der Waals surface area contributed by atoms with Crippen LogP contribution in [0.3, 0.4) is 0 Å². The summed E-state index contributed by atoms with van der Waals surface area (Å²) >= 11 is 0. The summed E-state index contributed by atoms with van der Waals surface area (Å²) in [7, 11) is 0. The number of anilines is 1. The Kier molecular flexibility index (Phi) is 6.90. The maximum absolute atomic E-state index is 13.0. The predicted molar refractivity (Wildman–Crippen MR) is 132 cm³/mol. The molecule has 0 aliphatic carbocycles. The summed E-state index contributed by atoms with van der Waals surface area (Å²) in [4.78, 5) is 32.2. The SMILES string of the molecule is Cc1cc(C(=O)COC(=O)c2cccnc2N2CCOCC2)c(C)n1CC1COc2ccccc2O1. The standard InChI is InChI=1S/C27H29N3O6/c1-18-14-22(19(2)30(18)15-20-16-34-24-7-3-4-8-25(24)36-20)23(31)17-35-27(32)21-6-5-9-28-26(21)29-10-12-33-13-11-29/h3-9,14,20H,10-13,15-17H2,1-2H3. The molecule has 5 rings (SSSR count). The number of morpholine rings is 1. The van der Waals surface area contributed by atoms with E-state index in [1.807, 2.05) is 53.6 Å². The number of ether oxygens (including phenoxy) is 4. The first-order valence-corrected chi connectivity index (χ1v) is 12.0. The largest absolute Gasteiger partial charge is 0.486 e. The van der Waals surface area contributed by atoms with Crippen molar-refractivity contribution in [3.8, 4) is 11.5 Å². The van der Waals surface area contributed by atoms with E-state index in [1.165, 1.54) is 0 Å². The molecule has 0 saturated carbocycles. The lowest BCUT2D eigenvalue weighted by molar-refractivity contribution is 0.0474. The first-order valence-electron chi connectivity index (χ1n) is 12.0. The zero-order chi connectivity index (χ0) is 25.1. The third-order valence-electron chi connectivity index (χ3n) is 6.48. The van der Waals surface area contributed by atoms with Crippen LogP contribution < -0.4 is 14.4 Å². The van der Waals surface area contributed by atoms with Gasteiger partial charge in [0.05, 0.1) is 19.8 Å². The maximum atomic E-state index is 13.0. The normalized spacial score (nSPS) is 17.1. The predicted octanol–water partition coefficient (Wildman–Crippen LogP) is 3.22. The van der Waals surface area contributed by atoms with Gasteiger partial charge in [-0.15, -0.1) is 0 Å². The Morgan fingerprint density at radius 3 is 2.64 bits per heavy atom. The molecule has 1 fully saturated rings. The number of fused-ring (bicyclic) bond motifs is 1. The number of aryl methyl sites for hydroxylation is 1. The molecule has 1 aromatic carbocycles. The summed E-state index contributed by atoms with van der Waals surface area (Å²) in [6.45, 7) is 6.87. The Balaban J connectivity index is 1.24. The van der Waals surface area contributed by atoms with E-state index in [2.05, 4.69) is 4.98 Å². The average molecular weight is 492 g/mol. The minimum Gasteiger partial charge on any atom is -0.486 e. The fraction of sp³-hybridized carbons (Fsp3) is 0.370. The molecule has 2 aliphatic heterocycles. The Morgan fingerprint density at radius 2 is 1.83 bits per heavy atom. The van der Waals surface area contributed by atoms with Crippen LogP contribution in [-0.2, 0) is 16.0 Å².